The summed E-state index contributed by atoms with van der Waals surface area (Å²) >= 11 is 0. The fourth-order valence-electron chi connectivity index (χ4n) is 4.14. The number of hydrogen-bond donors (Lipinski definition) is 1. The van der Waals surface area contributed by atoms with E-state index in [1.807, 2.05) is 25.2 Å². The lowest BCUT2D eigenvalue weighted by molar-refractivity contribution is -0.111. The normalized spacial score (nSPS) is 19.8. The van der Waals surface area contributed by atoms with Crippen molar-refractivity contribution in [3.8, 4) is 0 Å². The first kappa shape index (κ1) is 25.5. The van der Waals surface area contributed by atoms with Crippen molar-refractivity contribution in [3.05, 3.63) is 88.6 Å². The SMILES string of the molecule is CCC1CCC(C)(C)C(/C=C/C(C)=C/C=C/C(C)=C/C(=O)Nc2ccc(F)c(F)c2)=C1C.[HH]. The molecular weight excluding hydrogens is 404 g/mol. The van der Waals surface area contributed by atoms with Crippen LogP contribution in [0.4, 0.5) is 14.5 Å². The van der Waals surface area contributed by atoms with Gasteiger partial charge < -0.3 is 5.32 Å². The van der Waals surface area contributed by atoms with Gasteiger partial charge in [0.15, 0.2) is 11.6 Å². The van der Waals surface area contributed by atoms with Gasteiger partial charge >= 0.3 is 0 Å². The Balaban J connectivity index is 0.00000544. The molecule has 1 atom stereocenters. The summed E-state index contributed by atoms with van der Waals surface area (Å²) in [5.74, 6) is -1.66. The number of carbonyl (C=O) groups excluding carboxylic acids is 1. The van der Waals surface area contributed by atoms with Crippen molar-refractivity contribution in [3.63, 3.8) is 0 Å². The number of rotatable bonds is 7. The van der Waals surface area contributed by atoms with Gasteiger partial charge in [0.25, 0.3) is 0 Å². The zero-order valence-electron chi connectivity index (χ0n) is 20.1. The highest BCUT2D eigenvalue weighted by atomic mass is 19.2. The van der Waals surface area contributed by atoms with Gasteiger partial charge in [0.05, 0.1) is 0 Å². The molecule has 0 saturated heterocycles. The third kappa shape index (κ3) is 7.15. The van der Waals surface area contributed by atoms with E-state index in [0.29, 0.717) is 5.92 Å². The van der Waals surface area contributed by atoms with Gasteiger partial charge in [0.1, 0.15) is 0 Å². The molecule has 0 bridgehead atoms. The molecule has 174 valence electrons. The summed E-state index contributed by atoms with van der Waals surface area (Å²) < 4.78 is 26.2. The largest absolute Gasteiger partial charge is 0.322 e. The van der Waals surface area contributed by atoms with E-state index < -0.39 is 17.5 Å². The van der Waals surface area contributed by atoms with E-state index in [0.717, 1.165) is 23.3 Å². The van der Waals surface area contributed by atoms with Crippen molar-refractivity contribution >= 4 is 11.6 Å². The summed E-state index contributed by atoms with van der Waals surface area (Å²) in [5.41, 5.74) is 5.23. The molecule has 2 nitrogen and oxygen atoms in total. The first-order valence-electron chi connectivity index (χ1n) is 11.2. The van der Waals surface area contributed by atoms with Crippen molar-refractivity contribution in [1.29, 1.82) is 0 Å². The number of benzene rings is 1. The number of halogens is 2. The maximum Gasteiger partial charge on any atom is 0.248 e. The first-order valence-corrected chi connectivity index (χ1v) is 11.2. The Hall–Kier alpha value is -2.75. The van der Waals surface area contributed by atoms with Crippen molar-refractivity contribution in [1.82, 2.24) is 0 Å². The molecule has 4 heteroatoms. The van der Waals surface area contributed by atoms with Gasteiger partial charge in [-0.15, -0.1) is 0 Å². The maximum atomic E-state index is 13.2. The van der Waals surface area contributed by atoms with Crippen molar-refractivity contribution < 1.29 is 15.0 Å². The Morgan fingerprint density at radius 1 is 1.19 bits per heavy atom. The van der Waals surface area contributed by atoms with Gasteiger partial charge in [-0.25, -0.2) is 8.78 Å². The molecule has 0 heterocycles. The minimum atomic E-state index is -0.996. The number of allylic oxidation sites excluding steroid dienone is 9. The minimum absolute atomic E-state index is 0. The summed E-state index contributed by atoms with van der Waals surface area (Å²) in [7, 11) is 0. The van der Waals surface area contributed by atoms with Crippen molar-refractivity contribution in [2.24, 2.45) is 11.3 Å². The van der Waals surface area contributed by atoms with Crippen LogP contribution in [0, 0.1) is 23.0 Å². The molecule has 2 rings (SSSR count). The Kier molecular flexibility index (Phi) is 8.94. The van der Waals surface area contributed by atoms with Crippen LogP contribution in [0.2, 0.25) is 0 Å². The molecule has 0 aromatic heterocycles. The van der Waals surface area contributed by atoms with E-state index in [9.17, 15) is 13.6 Å². The Morgan fingerprint density at radius 2 is 1.91 bits per heavy atom. The van der Waals surface area contributed by atoms with Gasteiger partial charge in [0, 0.05) is 19.3 Å². The van der Waals surface area contributed by atoms with E-state index in [1.54, 1.807) is 0 Å². The topological polar surface area (TPSA) is 29.1 Å². The predicted octanol–water partition coefficient (Wildman–Crippen LogP) is 8.32. The Labute approximate surface area is 193 Å². The second-order valence-electron chi connectivity index (χ2n) is 9.23. The molecule has 1 unspecified atom stereocenters. The summed E-state index contributed by atoms with van der Waals surface area (Å²) in [4.78, 5) is 12.1. The molecule has 0 saturated carbocycles. The molecule has 1 aliphatic rings. The highest BCUT2D eigenvalue weighted by Gasteiger charge is 2.30. The van der Waals surface area contributed by atoms with E-state index in [2.05, 4.69) is 52.1 Å². The van der Waals surface area contributed by atoms with E-state index in [-0.39, 0.29) is 12.5 Å². The zero-order chi connectivity index (χ0) is 23.9. The summed E-state index contributed by atoms with van der Waals surface area (Å²) in [6, 6.07) is 3.26. The molecule has 1 N–H and O–H groups in total. The van der Waals surface area contributed by atoms with E-state index in [1.165, 1.54) is 42.6 Å². The van der Waals surface area contributed by atoms with Crippen LogP contribution in [-0.2, 0) is 4.79 Å². The summed E-state index contributed by atoms with van der Waals surface area (Å²) in [5, 5.41) is 2.53. The molecule has 1 aromatic rings. The average molecular weight is 442 g/mol. The average Bonchev–Trinajstić information content (AvgIpc) is 2.70. The lowest BCUT2D eigenvalue weighted by atomic mass is 9.68. The fraction of sp³-hybridized carbons (Fsp3) is 0.393. The lowest BCUT2D eigenvalue weighted by Gasteiger charge is -2.37. The molecular formula is C28H37F2NO. The minimum Gasteiger partial charge on any atom is -0.322 e. The molecule has 1 aliphatic carbocycles. The molecule has 0 fully saturated rings. The fourth-order valence-corrected chi connectivity index (χ4v) is 4.14. The second kappa shape index (κ2) is 11.2. The quantitative estimate of drug-likeness (QED) is 0.334. The van der Waals surface area contributed by atoms with Crippen molar-refractivity contribution in [2.75, 3.05) is 5.32 Å². The van der Waals surface area contributed by atoms with Crippen LogP contribution in [0.3, 0.4) is 0 Å². The summed E-state index contributed by atoms with van der Waals surface area (Å²) in [6.07, 6.45) is 15.2. The van der Waals surface area contributed by atoms with Crippen LogP contribution >= 0.6 is 0 Å². The molecule has 0 radical (unpaired) electrons. The number of nitrogens with one attached hydrogen (secondary N) is 1. The van der Waals surface area contributed by atoms with Crippen LogP contribution in [0.15, 0.2) is 76.9 Å². The van der Waals surface area contributed by atoms with Crippen LogP contribution < -0.4 is 5.32 Å². The molecule has 0 spiro atoms. The molecule has 0 aliphatic heterocycles. The van der Waals surface area contributed by atoms with Crippen LogP contribution in [-0.4, -0.2) is 5.91 Å². The van der Waals surface area contributed by atoms with Gasteiger partial charge in [-0.05, 0) is 74.6 Å². The predicted molar refractivity (Wildman–Crippen MR) is 132 cm³/mol. The standard InChI is InChI=1S/C28H35F2NO.H2/c1-7-22-15-16-28(5,6)24(21(22)4)13-11-19(2)9-8-10-20(3)17-27(32)31-23-12-14-25(29)26(30)18-23;/h8-14,17-18,22H,7,15-16H2,1-6H3,(H,31,32);1H/b10-8+,13-11+,19-9+,20-17+;. The maximum absolute atomic E-state index is 13.2. The van der Waals surface area contributed by atoms with E-state index >= 15 is 0 Å². The van der Waals surface area contributed by atoms with Gasteiger partial charge in [-0.3, -0.25) is 4.79 Å². The number of anilines is 1. The zero-order valence-corrected chi connectivity index (χ0v) is 20.1. The van der Waals surface area contributed by atoms with Crippen LogP contribution in [0.5, 0.6) is 0 Å². The first-order chi connectivity index (χ1) is 15.0. The van der Waals surface area contributed by atoms with Crippen LogP contribution in [0.1, 0.15) is 62.2 Å². The number of carbonyl (C=O) groups is 1. The number of hydrogen-bond acceptors (Lipinski definition) is 1. The highest BCUT2D eigenvalue weighted by molar-refractivity contribution is 5.99. The Morgan fingerprint density at radius 3 is 2.56 bits per heavy atom. The summed E-state index contributed by atoms with van der Waals surface area (Å²) in [6.45, 7) is 13.0. The monoisotopic (exact) mass is 441 g/mol. The smallest absolute Gasteiger partial charge is 0.248 e. The third-order valence-electron chi connectivity index (χ3n) is 6.15. The lowest BCUT2D eigenvalue weighted by Crippen LogP contribution is -2.24. The van der Waals surface area contributed by atoms with Crippen molar-refractivity contribution in [2.45, 2.75) is 60.8 Å². The third-order valence-corrected chi connectivity index (χ3v) is 6.15. The molecule has 1 amide bonds. The second-order valence-corrected chi connectivity index (χ2v) is 9.23. The Bertz CT molecular complexity index is 999. The van der Waals surface area contributed by atoms with Gasteiger partial charge in [-0.2, -0.15) is 0 Å². The highest BCUT2D eigenvalue weighted by Crippen LogP contribution is 2.44. The van der Waals surface area contributed by atoms with Gasteiger partial charge in [0.2, 0.25) is 5.91 Å². The molecule has 1 aromatic carbocycles. The van der Waals surface area contributed by atoms with Crippen LogP contribution in [0.25, 0.3) is 0 Å². The molecule has 32 heavy (non-hydrogen) atoms. The van der Waals surface area contributed by atoms with Gasteiger partial charge in [-0.1, -0.05) is 62.3 Å². The van der Waals surface area contributed by atoms with E-state index in [4.69, 9.17) is 0 Å². The number of amides is 1.